The molecule has 0 amide bonds. The van der Waals surface area contributed by atoms with Crippen molar-refractivity contribution in [2.75, 3.05) is 6.61 Å². The van der Waals surface area contributed by atoms with Crippen LogP contribution in [0.1, 0.15) is 6.42 Å². The predicted molar refractivity (Wildman–Crippen MR) is 20.6 cm³/mol. The van der Waals surface area contributed by atoms with Crippen molar-refractivity contribution in [2.24, 2.45) is 0 Å². The van der Waals surface area contributed by atoms with Crippen LogP contribution in [-0.2, 0) is 4.74 Å². The van der Waals surface area contributed by atoms with Gasteiger partial charge in [0.05, 0.1) is 19.3 Å². The summed E-state index contributed by atoms with van der Waals surface area (Å²) in [5.74, 6) is 0. The van der Waals surface area contributed by atoms with E-state index < -0.39 is 0 Å². The average molecular weight is 87.1 g/mol. The quantitative estimate of drug-likeness (QED) is 0.491. The van der Waals surface area contributed by atoms with Gasteiger partial charge in [-0.15, -0.1) is 0 Å². The average Bonchev–Trinajstić information content (AvgIpc) is 2.21. The third-order valence-corrected chi connectivity index (χ3v) is 0.771. The molecule has 1 N–H and O–H groups in total. The second-order valence-electron chi connectivity index (χ2n) is 1.37. The lowest BCUT2D eigenvalue weighted by molar-refractivity contribution is 0.333. The summed E-state index contributed by atoms with van der Waals surface area (Å²) in [5.41, 5.74) is 0. The van der Waals surface area contributed by atoms with Crippen molar-refractivity contribution in [3.63, 3.8) is 0 Å². The molecule has 1 radical (unpaired) electrons. The second kappa shape index (κ2) is 1.58. The van der Waals surface area contributed by atoms with Crippen molar-refractivity contribution in [3.8, 4) is 0 Å². The summed E-state index contributed by atoms with van der Waals surface area (Å²) in [6.45, 7) is 1.97. The number of epoxide rings is 1. The predicted octanol–water partition coefficient (Wildman–Crippen LogP) is 0.310. The van der Waals surface area contributed by atoms with Crippen LogP contribution in [0.5, 0.6) is 0 Å². The van der Waals surface area contributed by atoms with Gasteiger partial charge in [-0.25, -0.2) is 0 Å². The molecule has 0 saturated carbocycles. The highest BCUT2D eigenvalue weighted by Gasteiger charge is 2.20. The van der Waals surface area contributed by atoms with Crippen LogP contribution in [0.4, 0.5) is 0 Å². The Balaban J connectivity index is 1.88. The van der Waals surface area contributed by atoms with E-state index in [2.05, 4.69) is 0 Å². The Morgan fingerprint density at radius 3 is 2.83 bits per heavy atom. The van der Waals surface area contributed by atoms with Crippen LogP contribution in [0.15, 0.2) is 0 Å². The fraction of sp³-hybridized carbons (Fsp3) is 0.750. The lowest BCUT2D eigenvalue weighted by atomic mass is 10.4. The fourth-order valence-electron chi connectivity index (χ4n) is 0.322. The van der Waals surface area contributed by atoms with E-state index in [0.717, 1.165) is 13.2 Å². The first-order valence-corrected chi connectivity index (χ1v) is 2.01. The molecule has 1 aliphatic heterocycles. The van der Waals surface area contributed by atoms with Crippen LogP contribution in [0.2, 0.25) is 0 Å². The maximum absolute atomic E-state index is 8.07. The van der Waals surface area contributed by atoms with Gasteiger partial charge in [0.1, 0.15) is 0 Å². The molecule has 1 rings (SSSR count). The number of hydrogen-bond donors (Lipinski definition) is 1. The van der Waals surface area contributed by atoms with E-state index in [0.29, 0.717) is 12.5 Å². The van der Waals surface area contributed by atoms with Gasteiger partial charge in [-0.3, -0.25) is 0 Å². The zero-order valence-corrected chi connectivity index (χ0v) is 3.42. The van der Waals surface area contributed by atoms with Crippen molar-refractivity contribution < 1.29 is 9.84 Å². The summed E-state index contributed by atoms with van der Waals surface area (Å²) in [7, 11) is 0. The lowest BCUT2D eigenvalue weighted by Crippen LogP contribution is -1.82. The molecule has 35 valence electrons. The summed E-state index contributed by atoms with van der Waals surface area (Å²) in [4.78, 5) is 0. The van der Waals surface area contributed by atoms with Gasteiger partial charge in [0.25, 0.3) is 0 Å². The van der Waals surface area contributed by atoms with Crippen molar-refractivity contribution in [1.82, 2.24) is 0 Å². The van der Waals surface area contributed by atoms with Gasteiger partial charge in [-0.05, 0) is 0 Å². The molecule has 1 atom stereocenters. The Labute approximate surface area is 36.7 Å². The third-order valence-electron chi connectivity index (χ3n) is 0.771. The molecule has 1 heterocycles. The maximum Gasteiger partial charge on any atom is 0.0835 e. The first-order chi connectivity index (χ1) is 2.93. The molecule has 0 spiro atoms. The van der Waals surface area contributed by atoms with Crippen molar-refractivity contribution in [2.45, 2.75) is 12.5 Å². The van der Waals surface area contributed by atoms with E-state index in [-0.39, 0.29) is 0 Å². The number of aliphatic hydroxyl groups excluding tert-OH is 1. The van der Waals surface area contributed by atoms with E-state index in [1.54, 1.807) is 0 Å². The highest BCUT2D eigenvalue weighted by Crippen LogP contribution is 2.12. The largest absolute Gasteiger partial charge is 0.390 e. The minimum absolute atomic E-state index is 0.343. The van der Waals surface area contributed by atoms with Crippen LogP contribution in [0, 0.1) is 6.61 Å². The van der Waals surface area contributed by atoms with Crippen LogP contribution < -0.4 is 0 Å². The Morgan fingerprint density at radius 1 is 2.00 bits per heavy atom. The molecule has 0 bridgehead atoms. The summed E-state index contributed by atoms with van der Waals surface area (Å²) in [5, 5.41) is 8.07. The van der Waals surface area contributed by atoms with Gasteiger partial charge in [0.15, 0.2) is 0 Å². The Kier molecular flexibility index (Phi) is 1.08. The van der Waals surface area contributed by atoms with E-state index >= 15 is 0 Å². The van der Waals surface area contributed by atoms with Gasteiger partial charge in [-0.2, -0.15) is 0 Å². The highest BCUT2D eigenvalue weighted by molar-refractivity contribution is 4.71. The monoisotopic (exact) mass is 87.0 g/mol. The van der Waals surface area contributed by atoms with Gasteiger partial charge < -0.3 is 9.84 Å². The number of ether oxygens (including phenoxy) is 1. The SMILES string of the molecule is O[CH]CC1CO1. The molecular weight excluding hydrogens is 80.0 g/mol. The van der Waals surface area contributed by atoms with Gasteiger partial charge in [0, 0.05) is 6.42 Å². The molecule has 1 fully saturated rings. The van der Waals surface area contributed by atoms with Crippen molar-refractivity contribution in [3.05, 3.63) is 6.61 Å². The zero-order chi connectivity index (χ0) is 4.41. The van der Waals surface area contributed by atoms with Gasteiger partial charge >= 0.3 is 0 Å². The zero-order valence-electron chi connectivity index (χ0n) is 3.42. The summed E-state index contributed by atoms with van der Waals surface area (Å²) >= 11 is 0. The van der Waals surface area contributed by atoms with E-state index in [1.807, 2.05) is 0 Å². The lowest BCUT2D eigenvalue weighted by Gasteiger charge is -1.78. The number of hydrogen-bond acceptors (Lipinski definition) is 2. The molecule has 0 aliphatic carbocycles. The molecule has 0 aromatic rings. The molecule has 0 aromatic carbocycles. The number of rotatable bonds is 2. The van der Waals surface area contributed by atoms with Gasteiger partial charge in [0.2, 0.25) is 0 Å². The second-order valence-corrected chi connectivity index (χ2v) is 1.37. The van der Waals surface area contributed by atoms with Crippen LogP contribution >= 0.6 is 0 Å². The summed E-state index contributed by atoms with van der Waals surface area (Å²) in [6.07, 6.45) is 1.04. The van der Waals surface area contributed by atoms with Gasteiger partial charge in [-0.1, -0.05) is 0 Å². The topological polar surface area (TPSA) is 32.8 Å². The molecule has 6 heavy (non-hydrogen) atoms. The third kappa shape index (κ3) is 0.954. The van der Waals surface area contributed by atoms with Crippen molar-refractivity contribution in [1.29, 1.82) is 0 Å². The van der Waals surface area contributed by atoms with Crippen LogP contribution in [0.25, 0.3) is 0 Å². The minimum atomic E-state index is 0.343. The first kappa shape index (κ1) is 4.09. The Hall–Kier alpha value is -0.0800. The molecule has 1 unspecified atom stereocenters. The minimum Gasteiger partial charge on any atom is -0.390 e. The Bertz CT molecular complexity index is 40.8. The summed E-state index contributed by atoms with van der Waals surface area (Å²) in [6, 6.07) is 0. The molecule has 0 aromatic heterocycles. The normalized spacial score (nSPS) is 30.5. The fourth-order valence-corrected chi connectivity index (χ4v) is 0.322. The molecule has 2 nitrogen and oxygen atoms in total. The highest BCUT2D eigenvalue weighted by atomic mass is 16.6. The molecule has 1 saturated heterocycles. The molecule has 1 aliphatic rings. The van der Waals surface area contributed by atoms with Crippen LogP contribution in [-0.4, -0.2) is 17.8 Å². The molecular formula is C4H7O2. The Morgan fingerprint density at radius 2 is 2.67 bits per heavy atom. The smallest absolute Gasteiger partial charge is 0.0835 e. The maximum atomic E-state index is 8.07. The van der Waals surface area contributed by atoms with E-state index in [9.17, 15) is 0 Å². The van der Waals surface area contributed by atoms with E-state index in [4.69, 9.17) is 9.84 Å². The van der Waals surface area contributed by atoms with Crippen molar-refractivity contribution >= 4 is 0 Å². The van der Waals surface area contributed by atoms with E-state index in [1.165, 1.54) is 0 Å². The van der Waals surface area contributed by atoms with Crippen LogP contribution in [0.3, 0.4) is 0 Å². The summed E-state index contributed by atoms with van der Waals surface area (Å²) < 4.78 is 4.76. The standard InChI is InChI=1S/C4H7O2/c5-2-1-4-3-6-4/h2,4-5H,1,3H2. The number of aliphatic hydroxyl groups is 1. The molecule has 2 heteroatoms. The first-order valence-electron chi connectivity index (χ1n) is 2.01.